The smallest absolute Gasteiger partial charge is 0.103 e. The Bertz CT molecular complexity index is 574. The molecule has 1 heterocycles. The van der Waals surface area contributed by atoms with Crippen molar-refractivity contribution in [2.45, 2.75) is 55.8 Å². The normalized spacial score (nSPS) is 14.8. The van der Waals surface area contributed by atoms with E-state index in [1.807, 2.05) is 23.1 Å². The van der Waals surface area contributed by atoms with Crippen LogP contribution in [0.15, 0.2) is 35.2 Å². The van der Waals surface area contributed by atoms with Crippen molar-refractivity contribution in [3.8, 4) is 0 Å². The van der Waals surface area contributed by atoms with Gasteiger partial charge in [0, 0.05) is 28.3 Å². The molecule has 0 atom stereocenters. The first-order valence-electron chi connectivity index (χ1n) is 7.62. The van der Waals surface area contributed by atoms with Crippen LogP contribution in [-0.4, -0.2) is 11.0 Å². The highest BCUT2D eigenvalue weighted by Crippen LogP contribution is 2.43. The monoisotopic (exact) mass is 318 g/mol. The predicted octanol–water partition coefficient (Wildman–Crippen LogP) is 4.81. The van der Waals surface area contributed by atoms with Gasteiger partial charge in [0.25, 0.3) is 0 Å². The van der Waals surface area contributed by atoms with Gasteiger partial charge >= 0.3 is 0 Å². The number of hydrogen-bond acceptors (Lipinski definition) is 4. The van der Waals surface area contributed by atoms with Crippen molar-refractivity contribution in [2.24, 2.45) is 0 Å². The minimum atomic E-state index is 0.529. The number of nitrogens with zero attached hydrogens (tertiary/aromatic N) is 1. The van der Waals surface area contributed by atoms with Gasteiger partial charge in [0.2, 0.25) is 0 Å². The van der Waals surface area contributed by atoms with E-state index in [0.717, 1.165) is 18.2 Å². The SMILES string of the molecule is CC(C)NCc1sc(CSc2ccccc2)nc1C1CC1. The molecule has 0 bridgehead atoms. The van der Waals surface area contributed by atoms with Gasteiger partial charge in [0.1, 0.15) is 5.01 Å². The molecule has 1 aromatic heterocycles. The van der Waals surface area contributed by atoms with E-state index in [2.05, 4.69) is 49.5 Å². The summed E-state index contributed by atoms with van der Waals surface area (Å²) in [4.78, 5) is 7.70. The molecule has 1 aromatic carbocycles. The molecule has 1 saturated carbocycles. The lowest BCUT2D eigenvalue weighted by Gasteiger charge is -2.07. The van der Waals surface area contributed by atoms with Crippen LogP contribution in [-0.2, 0) is 12.3 Å². The largest absolute Gasteiger partial charge is 0.310 e. The van der Waals surface area contributed by atoms with Crippen molar-refractivity contribution in [1.82, 2.24) is 10.3 Å². The van der Waals surface area contributed by atoms with Crippen LogP contribution in [0.2, 0.25) is 0 Å². The maximum absolute atomic E-state index is 4.92. The van der Waals surface area contributed by atoms with Crippen LogP contribution in [0.5, 0.6) is 0 Å². The molecule has 2 nitrogen and oxygen atoms in total. The minimum Gasteiger partial charge on any atom is -0.310 e. The molecule has 21 heavy (non-hydrogen) atoms. The maximum atomic E-state index is 4.92. The average molecular weight is 319 g/mol. The molecule has 0 amide bonds. The quantitative estimate of drug-likeness (QED) is 0.742. The van der Waals surface area contributed by atoms with Crippen LogP contribution in [0.25, 0.3) is 0 Å². The molecular weight excluding hydrogens is 296 g/mol. The molecular formula is C17H22N2S2. The molecule has 0 radical (unpaired) electrons. The highest BCUT2D eigenvalue weighted by molar-refractivity contribution is 7.98. The Kier molecular flexibility index (Phi) is 4.99. The fourth-order valence-corrected chi connectivity index (χ4v) is 4.25. The molecule has 1 aliphatic rings. The topological polar surface area (TPSA) is 24.9 Å². The lowest BCUT2D eigenvalue weighted by molar-refractivity contribution is 0.590. The van der Waals surface area contributed by atoms with Crippen molar-refractivity contribution in [3.63, 3.8) is 0 Å². The molecule has 112 valence electrons. The second kappa shape index (κ2) is 6.95. The lowest BCUT2D eigenvalue weighted by atomic mass is 10.2. The van der Waals surface area contributed by atoms with Crippen LogP contribution in [0.3, 0.4) is 0 Å². The summed E-state index contributed by atoms with van der Waals surface area (Å²) in [5.41, 5.74) is 1.37. The second-order valence-corrected chi connectivity index (χ2v) is 8.04. The van der Waals surface area contributed by atoms with Crippen LogP contribution < -0.4 is 5.32 Å². The van der Waals surface area contributed by atoms with E-state index in [1.54, 1.807) is 0 Å². The summed E-state index contributed by atoms with van der Waals surface area (Å²) in [5.74, 6) is 1.72. The standard InChI is InChI=1S/C17H22N2S2/c1-12(2)18-10-15-17(13-8-9-13)19-16(21-15)11-20-14-6-4-3-5-7-14/h3-7,12-13,18H,8-11H2,1-2H3. The van der Waals surface area contributed by atoms with E-state index in [4.69, 9.17) is 4.98 Å². The van der Waals surface area contributed by atoms with E-state index >= 15 is 0 Å². The molecule has 0 spiro atoms. The van der Waals surface area contributed by atoms with E-state index in [1.165, 1.54) is 33.3 Å². The Balaban J connectivity index is 1.66. The summed E-state index contributed by atoms with van der Waals surface area (Å²) in [6.45, 7) is 5.37. The average Bonchev–Trinajstić information content (AvgIpc) is 3.25. The van der Waals surface area contributed by atoms with Crippen LogP contribution >= 0.6 is 23.1 Å². The van der Waals surface area contributed by atoms with Crippen molar-refractivity contribution in [2.75, 3.05) is 0 Å². The third-order valence-corrected chi connectivity index (χ3v) is 5.79. The summed E-state index contributed by atoms with van der Waals surface area (Å²) >= 11 is 3.77. The Morgan fingerprint density at radius 2 is 2.05 bits per heavy atom. The first-order chi connectivity index (χ1) is 10.2. The predicted molar refractivity (Wildman–Crippen MR) is 92.1 cm³/mol. The van der Waals surface area contributed by atoms with Crippen molar-refractivity contribution < 1.29 is 0 Å². The van der Waals surface area contributed by atoms with E-state index < -0.39 is 0 Å². The third-order valence-electron chi connectivity index (χ3n) is 3.51. The van der Waals surface area contributed by atoms with Gasteiger partial charge in [-0.2, -0.15) is 0 Å². The first-order valence-corrected chi connectivity index (χ1v) is 9.42. The van der Waals surface area contributed by atoms with Gasteiger partial charge in [-0.25, -0.2) is 4.98 Å². The Labute approximate surface area is 135 Å². The zero-order chi connectivity index (χ0) is 14.7. The Hall–Kier alpha value is -0.840. The molecule has 4 heteroatoms. The van der Waals surface area contributed by atoms with Gasteiger partial charge in [-0.1, -0.05) is 32.0 Å². The summed E-state index contributed by atoms with van der Waals surface area (Å²) in [6.07, 6.45) is 2.65. The molecule has 0 aliphatic heterocycles. The summed E-state index contributed by atoms with van der Waals surface area (Å²) in [5, 5.41) is 4.81. The van der Waals surface area contributed by atoms with Gasteiger partial charge in [-0.3, -0.25) is 0 Å². The number of hydrogen-bond donors (Lipinski definition) is 1. The molecule has 2 aromatic rings. The van der Waals surface area contributed by atoms with Gasteiger partial charge in [-0.05, 0) is 25.0 Å². The summed E-state index contributed by atoms with van der Waals surface area (Å²) < 4.78 is 0. The number of nitrogens with one attached hydrogen (secondary N) is 1. The maximum Gasteiger partial charge on any atom is 0.103 e. The number of aromatic nitrogens is 1. The molecule has 0 saturated heterocycles. The van der Waals surface area contributed by atoms with Crippen LogP contribution in [0, 0.1) is 0 Å². The fourth-order valence-electron chi connectivity index (χ4n) is 2.24. The van der Waals surface area contributed by atoms with Gasteiger partial charge in [0.15, 0.2) is 0 Å². The van der Waals surface area contributed by atoms with Gasteiger partial charge < -0.3 is 5.32 Å². The van der Waals surface area contributed by atoms with E-state index in [9.17, 15) is 0 Å². The molecule has 3 rings (SSSR count). The molecule has 1 aliphatic carbocycles. The van der Waals surface area contributed by atoms with Crippen molar-refractivity contribution in [3.05, 3.63) is 45.9 Å². The third kappa shape index (κ3) is 4.31. The highest BCUT2D eigenvalue weighted by Gasteiger charge is 2.29. The van der Waals surface area contributed by atoms with E-state index in [-0.39, 0.29) is 0 Å². The summed E-state index contributed by atoms with van der Waals surface area (Å²) in [6, 6.07) is 11.1. The Morgan fingerprint density at radius 1 is 1.29 bits per heavy atom. The number of benzene rings is 1. The van der Waals surface area contributed by atoms with Crippen LogP contribution in [0.1, 0.15) is 48.2 Å². The molecule has 0 unspecified atom stereocenters. The Morgan fingerprint density at radius 3 is 2.71 bits per heavy atom. The van der Waals surface area contributed by atoms with E-state index in [0.29, 0.717) is 6.04 Å². The number of thiazole rings is 1. The number of rotatable bonds is 7. The highest BCUT2D eigenvalue weighted by atomic mass is 32.2. The zero-order valence-corrected chi connectivity index (χ0v) is 14.3. The number of thioether (sulfide) groups is 1. The first kappa shape index (κ1) is 15.1. The minimum absolute atomic E-state index is 0.529. The molecule has 1 N–H and O–H groups in total. The fraction of sp³-hybridized carbons (Fsp3) is 0.471. The summed E-state index contributed by atoms with van der Waals surface area (Å²) in [7, 11) is 0. The van der Waals surface area contributed by atoms with Gasteiger partial charge in [0.05, 0.1) is 11.4 Å². The van der Waals surface area contributed by atoms with Crippen LogP contribution in [0.4, 0.5) is 0 Å². The van der Waals surface area contributed by atoms with Crippen molar-refractivity contribution >= 4 is 23.1 Å². The van der Waals surface area contributed by atoms with Gasteiger partial charge in [-0.15, -0.1) is 23.1 Å². The lowest BCUT2D eigenvalue weighted by Crippen LogP contribution is -2.21. The van der Waals surface area contributed by atoms with Crippen molar-refractivity contribution in [1.29, 1.82) is 0 Å². The molecule has 1 fully saturated rings. The zero-order valence-electron chi connectivity index (χ0n) is 12.6. The second-order valence-electron chi connectivity index (χ2n) is 5.83.